The standard InChI is InChI=1S/C24H20N2O5/c1-2-31-17-9-5-7-15(13-17)22(28)20-21(16-8-6-12-25-14-16)26(24(30)23(20)29)18-10-3-4-11-19(18)27/h3-14,21,27-28H,2H2,1H3/b22-20+. The number of carbonyl (C=O) groups excluding carboxylic acids is 2. The Labute approximate surface area is 178 Å². The molecule has 2 heterocycles. The number of rotatable bonds is 5. The minimum atomic E-state index is -0.960. The summed E-state index contributed by atoms with van der Waals surface area (Å²) < 4.78 is 5.49. The maximum atomic E-state index is 13.1. The topological polar surface area (TPSA) is 100.0 Å². The molecule has 1 amide bonds. The van der Waals surface area contributed by atoms with Gasteiger partial charge in [0.15, 0.2) is 0 Å². The highest BCUT2D eigenvalue weighted by Gasteiger charge is 2.47. The highest BCUT2D eigenvalue weighted by molar-refractivity contribution is 6.51. The molecule has 1 aromatic heterocycles. The fourth-order valence-electron chi connectivity index (χ4n) is 3.66. The second-order valence-electron chi connectivity index (χ2n) is 6.91. The summed E-state index contributed by atoms with van der Waals surface area (Å²) in [5.41, 5.74) is 0.943. The van der Waals surface area contributed by atoms with Crippen molar-refractivity contribution in [2.24, 2.45) is 0 Å². The van der Waals surface area contributed by atoms with Crippen LogP contribution in [0, 0.1) is 0 Å². The van der Waals surface area contributed by atoms with E-state index in [4.69, 9.17) is 4.74 Å². The Balaban J connectivity index is 1.93. The molecule has 2 N–H and O–H groups in total. The molecule has 31 heavy (non-hydrogen) atoms. The van der Waals surface area contributed by atoms with Gasteiger partial charge >= 0.3 is 0 Å². The quantitative estimate of drug-likeness (QED) is 0.373. The van der Waals surface area contributed by atoms with E-state index in [1.807, 2.05) is 6.92 Å². The van der Waals surface area contributed by atoms with Crippen molar-refractivity contribution in [2.75, 3.05) is 11.5 Å². The van der Waals surface area contributed by atoms with Crippen LogP contribution in [0.3, 0.4) is 0 Å². The number of pyridine rings is 1. The molecule has 4 rings (SSSR count). The Morgan fingerprint density at radius 1 is 1.10 bits per heavy atom. The van der Waals surface area contributed by atoms with E-state index in [9.17, 15) is 19.8 Å². The molecule has 1 atom stereocenters. The van der Waals surface area contributed by atoms with Gasteiger partial charge in [-0.25, -0.2) is 0 Å². The lowest BCUT2D eigenvalue weighted by Gasteiger charge is -2.25. The number of benzene rings is 2. The maximum absolute atomic E-state index is 13.1. The van der Waals surface area contributed by atoms with E-state index in [-0.39, 0.29) is 22.8 Å². The van der Waals surface area contributed by atoms with Crippen LogP contribution in [0.5, 0.6) is 11.5 Å². The summed E-state index contributed by atoms with van der Waals surface area (Å²) >= 11 is 0. The average Bonchev–Trinajstić information content (AvgIpc) is 3.05. The molecule has 1 aliphatic heterocycles. The Morgan fingerprint density at radius 3 is 2.61 bits per heavy atom. The van der Waals surface area contributed by atoms with Gasteiger partial charge in [-0.2, -0.15) is 0 Å². The van der Waals surface area contributed by atoms with E-state index >= 15 is 0 Å². The normalized spacial score (nSPS) is 17.7. The number of phenolic OH excluding ortho intramolecular Hbond substituents is 1. The Hall–Kier alpha value is -4.13. The highest BCUT2D eigenvalue weighted by Crippen LogP contribution is 2.44. The number of aromatic hydroxyl groups is 1. The number of aliphatic hydroxyl groups is 1. The van der Waals surface area contributed by atoms with E-state index in [0.29, 0.717) is 23.5 Å². The van der Waals surface area contributed by atoms with E-state index in [0.717, 1.165) is 0 Å². The summed E-state index contributed by atoms with van der Waals surface area (Å²) in [6, 6.07) is 15.3. The molecular formula is C24H20N2O5. The Bertz CT molecular complexity index is 1170. The molecule has 7 heteroatoms. The number of hydrogen-bond acceptors (Lipinski definition) is 6. The first-order valence-electron chi connectivity index (χ1n) is 9.75. The number of Topliss-reactive ketones (excluding diaryl/α,β-unsaturated/α-hetero) is 1. The molecule has 0 radical (unpaired) electrons. The minimum absolute atomic E-state index is 0.0881. The lowest BCUT2D eigenvalue weighted by atomic mass is 9.96. The van der Waals surface area contributed by atoms with E-state index < -0.39 is 17.7 Å². The first kappa shape index (κ1) is 20.2. The summed E-state index contributed by atoms with van der Waals surface area (Å²) in [6.07, 6.45) is 3.09. The third-order valence-electron chi connectivity index (χ3n) is 5.00. The molecule has 0 spiro atoms. The highest BCUT2D eigenvalue weighted by atomic mass is 16.5. The van der Waals surface area contributed by atoms with Gasteiger partial charge < -0.3 is 14.9 Å². The third-order valence-corrected chi connectivity index (χ3v) is 5.00. The zero-order valence-corrected chi connectivity index (χ0v) is 16.7. The molecule has 1 aliphatic rings. The zero-order valence-electron chi connectivity index (χ0n) is 16.7. The molecule has 0 bridgehead atoms. The van der Waals surface area contributed by atoms with Gasteiger partial charge in [0.05, 0.1) is 23.9 Å². The number of ether oxygens (including phenoxy) is 1. The molecule has 1 unspecified atom stereocenters. The van der Waals surface area contributed by atoms with Crippen LogP contribution in [0.4, 0.5) is 5.69 Å². The fraction of sp³-hybridized carbons (Fsp3) is 0.125. The Morgan fingerprint density at radius 2 is 1.90 bits per heavy atom. The van der Waals surface area contributed by atoms with Gasteiger partial charge in [0.2, 0.25) is 0 Å². The predicted octanol–water partition coefficient (Wildman–Crippen LogP) is 3.81. The number of carbonyl (C=O) groups is 2. The van der Waals surface area contributed by atoms with Crippen molar-refractivity contribution in [3.8, 4) is 11.5 Å². The lowest BCUT2D eigenvalue weighted by molar-refractivity contribution is -0.132. The second-order valence-corrected chi connectivity index (χ2v) is 6.91. The van der Waals surface area contributed by atoms with Crippen LogP contribution < -0.4 is 9.64 Å². The molecule has 1 fully saturated rings. The number of aliphatic hydroxyl groups excluding tert-OH is 1. The second kappa shape index (κ2) is 8.31. The summed E-state index contributed by atoms with van der Waals surface area (Å²) in [6.45, 7) is 2.28. The third kappa shape index (κ3) is 3.61. The van der Waals surface area contributed by atoms with Gasteiger partial charge in [-0.05, 0) is 42.8 Å². The fourth-order valence-corrected chi connectivity index (χ4v) is 3.66. The first-order chi connectivity index (χ1) is 15.0. The van der Waals surface area contributed by atoms with Crippen molar-refractivity contribution in [1.82, 2.24) is 4.98 Å². The smallest absolute Gasteiger partial charge is 0.300 e. The average molecular weight is 416 g/mol. The summed E-state index contributed by atoms with van der Waals surface area (Å²) in [5, 5.41) is 21.5. The largest absolute Gasteiger partial charge is 0.507 e. The zero-order chi connectivity index (χ0) is 22.0. The van der Waals surface area contributed by atoms with Crippen molar-refractivity contribution in [3.05, 3.63) is 89.8 Å². The number of anilines is 1. The number of nitrogens with zero attached hydrogens (tertiary/aromatic N) is 2. The monoisotopic (exact) mass is 416 g/mol. The predicted molar refractivity (Wildman–Crippen MR) is 115 cm³/mol. The van der Waals surface area contributed by atoms with E-state index in [1.165, 1.54) is 17.2 Å². The van der Waals surface area contributed by atoms with Crippen molar-refractivity contribution < 1.29 is 24.5 Å². The number of phenols is 1. The van der Waals surface area contributed by atoms with Gasteiger partial charge in [-0.15, -0.1) is 0 Å². The van der Waals surface area contributed by atoms with Gasteiger partial charge in [0.25, 0.3) is 11.7 Å². The van der Waals surface area contributed by atoms with Crippen LogP contribution in [0.1, 0.15) is 24.1 Å². The number of amides is 1. The van der Waals surface area contributed by atoms with Gasteiger partial charge in [0, 0.05) is 18.0 Å². The van der Waals surface area contributed by atoms with Crippen molar-refractivity contribution in [3.63, 3.8) is 0 Å². The minimum Gasteiger partial charge on any atom is -0.507 e. The van der Waals surface area contributed by atoms with Gasteiger partial charge in [-0.1, -0.05) is 30.3 Å². The first-order valence-corrected chi connectivity index (χ1v) is 9.75. The number of aromatic nitrogens is 1. The van der Waals surface area contributed by atoms with Crippen molar-refractivity contribution >= 4 is 23.1 Å². The summed E-state index contributed by atoms with van der Waals surface area (Å²) in [5.74, 6) is -1.66. The van der Waals surface area contributed by atoms with Crippen LogP contribution in [-0.4, -0.2) is 33.5 Å². The molecule has 0 saturated carbocycles. The van der Waals surface area contributed by atoms with E-state index in [1.54, 1.807) is 60.8 Å². The van der Waals surface area contributed by atoms with Gasteiger partial charge in [-0.3, -0.25) is 19.5 Å². The summed E-state index contributed by atoms with van der Waals surface area (Å²) in [7, 11) is 0. The Kier molecular flexibility index (Phi) is 5.41. The van der Waals surface area contributed by atoms with Crippen LogP contribution in [0.15, 0.2) is 78.6 Å². The van der Waals surface area contributed by atoms with Crippen molar-refractivity contribution in [1.29, 1.82) is 0 Å². The molecule has 1 saturated heterocycles. The number of hydrogen-bond donors (Lipinski definition) is 2. The van der Waals surface area contributed by atoms with E-state index in [2.05, 4.69) is 4.98 Å². The van der Waals surface area contributed by atoms with Crippen LogP contribution in [0.25, 0.3) is 5.76 Å². The number of ketones is 1. The van der Waals surface area contributed by atoms with Gasteiger partial charge in [0.1, 0.15) is 17.3 Å². The van der Waals surface area contributed by atoms with Crippen LogP contribution >= 0.6 is 0 Å². The molecule has 0 aliphatic carbocycles. The van der Waals surface area contributed by atoms with Crippen molar-refractivity contribution in [2.45, 2.75) is 13.0 Å². The SMILES string of the molecule is CCOc1cccc(/C(O)=C2\C(=O)C(=O)N(c3ccccc3O)C2c2cccnc2)c1. The maximum Gasteiger partial charge on any atom is 0.300 e. The molecule has 7 nitrogen and oxygen atoms in total. The van der Waals surface area contributed by atoms with Crippen LogP contribution in [0.2, 0.25) is 0 Å². The molecular weight excluding hydrogens is 396 g/mol. The lowest BCUT2D eigenvalue weighted by Crippen LogP contribution is -2.29. The number of para-hydroxylation sites is 2. The summed E-state index contributed by atoms with van der Waals surface area (Å²) in [4.78, 5) is 31.4. The molecule has 2 aromatic carbocycles. The van der Waals surface area contributed by atoms with Crippen LogP contribution in [-0.2, 0) is 9.59 Å². The molecule has 3 aromatic rings. The molecule has 156 valence electrons.